The number of ether oxygens (including phenoxy) is 1. The molecule has 1 heterocycles. The summed E-state index contributed by atoms with van der Waals surface area (Å²) < 4.78 is 5.51. The van der Waals surface area contributed by atoms with Gasteiger partial charge in [0.2, 0.25) is 0 Å². The lowest BCUT2D eigenvalue weighted by Gasteiger charge is -2.32. The first-order valence-corrected chi connectivity index (χ1v) is 7.38. The third kappa shape index (κ3) is 5.38. The van der Waals surface area contributed by atoms with E-state index in [1.54, 1.807) is 12.1 Å². The van der Waals surface area contributed by atoms with Crippen molar-refractivity contribution in [1.82, 2.24) is 10.2 Å². The molecule has 0 radical (unpaired) electrons. The summed E-state index contributed by atoms with van der Waals surface area (Å²) in [5, 5.41) is 3.71. The van der Waals surface area contributed by atoms with Crippen molar-refractivity contribution in [2.45, 2.75) is 12.8 Å². The Kier molecular flexibility index (Phi) is 7.86. The highest BCUT2D eigenvalue weighted by Gasteiger charge is 2.23. The Labute approximate surface area is 137 Å². The third-order valence-corrected chi connectivity index (χ3v) is 3.86. The van der Waals surface area contributed by atoms with Crippen LogP contribution in [0.2, 0.25) is 5.02 Å². The molecule has 0 aromatic heterocycles. The lowest BCUT2D eigenvalue weighted by atomic mass is 9.98. The number of likely N-dealkylation sites (tertiary alicyclic amines) is 1. The molecule has 1 aromatic carbocycles. The van der Waals surface area contributed by atoms with E-state index in [9.17, 15) is 4.79 Å². The van der Waals surface area contributed by atoms with Crippen molar-refractivity contribution < 1.29 is 9.53 Å². The van der Waals surface area contributed by atoms with Crippen molar-refractivity contribution in [2.24, 2.45) is 5.92 Å². The van der Waals surface area contributed by atoms with Gasteiger partial charge in [-0.15, -0.1) is 12.4 Å². The number of hydrogen-bond donors (Lipinski definition) is 1. The number of halogens is 2. The average molecular weight is 333 g/mol. The van der Waals surface area contributed by atoms with E-state index >= 15 is 0 Å². The van der Waals surface area contributed by atoms with Crippen LogP contribution in [-0.4, -0.2) is 44.1 Å². The first-order chi connectivity index (χ1) is 9.70. The highest BCUT2D eigenvalue weighted by molar-refractivity contribution is 6.32. The van der Waals surface area contributed by atoms with Crippen LogP contribution in [0.25, 0.3) is 0 Å². The number of hydrogen-bond acceptors (Lipinski definition) is 3. The summed E-state index contributed by atoms with van der Waals surface area (Å²) in [5.74, 6) is 1.13. The molecule has 1 N–H and O–H groups in total. The molecular weight excluding hydrogens is 311 g/mol. The number of carbonyl (C=O) groups excluding carboxylic acids is 1. The summed E-state index contributed by atoms with van der Waals surface area (Å²) in [4.78, 5) is 14.1. The van der Waals surface area contributed by atoms with Gasteiger partial charge in [0, 0.05) is 13.1 Å². The molecule has 2 rings (SSSR count). The molecule has 4 nitrogen and oxygen atoms in total. The summed E-state index contributed by atoms with van der Waals surface area (Å²) in [6.45, 7) is 2.64. The number of amides is 1. The molecule has 1 saturated heterocycles. The molecule has 1 unspecified atom stereocenters. The fourth-order valence-electron chi connectivity index (χ4n) is 2.54. The minimum absolute atomic E-state index is 0. The van der Waals surface area contributed by atoms with E-state index in [2.05, 4.69) is 5.32 Å². The van der Waals surface area contributed by atoms with Crippen LogP contribution in [0.4, 0.5) is 0 Å². The zero-order valence-electron chi connectivity index (χ0n) is 12.2. The molecule has 1 amide bonds. The number of para-hydroxylation sites is 1. The molecule has 0 spiro atoms. The highest BCUT2D eigenvalue weighted by atomic mass is 35.5. The molecule has 1 aliphatic heterocycles. The van der Waals surface area contributed by atoms with Gasteiger partial charge >= 0.3 is 0 Å². The van der Waals surface area contributed by atoms with E-state index in [4.69, 9.17) is 16.3 Å². The van der Waals surface area contributed by atoms with Crippen LogP contribution in [0.15, 0.2) is 24.3 Å². The Balaban J connectivity index is 0.00000220. The molecule has 1 fully saturated rings. The van der Waals surface area contributed by atoms with Gasteiger partial charge in [-0.05, 0) is 44.5 Å². The van der Waals surface area contributed by atoms with Crippen molar-refractivity contribution in [3.05, 3.63) is 29.3 Å². The summed E-state index contributed by atoms with van der Waals surface area (Å²) >= 11 is 6.00. The van der Waals surface area contributed by atoms with E-state index in [-0.39, 0.29) is 24.9 Å². The van der Waals surface area contributed by atoms with Crippen LogP contribution in [0, 0.1) is 5.92 Å². The van der Waals surface area contributed by atoms with E-state index < -0.39 is 0 Å². The van der Waals surface area contributed by atoms with Gasteiger partial charge in [-0.2, -0.15) is 0 Å². The van der Waals surface area contributed by atoms with E-state index in [0.717, 1.165) is 26.1 Å². The topological polar surface area (TPSA) is 41.6 Å². The Hall–Kier alpha value is -0.970. The van der Waals surface area contributed by atoms with Gasteiger partial charge in [-0.1, -0.05) is 23.7 Å². The van der Waals surface area contributed by atoms with Crippen molar-refractivity contribution in [3.63, 3.8) is 0 Å². The van der Waals surface area contributed by atoms with Crippen LogP contribution in [-0.2, 0) is 4.79 Å². The number of piperidine rings is 1. The van der Waals surface area contributed by atoms with Gasteiger partial charge < -0.3 is 15.0 Å². The van der Waals surface area contributed by atoms with Crippen molar-refractivity contribution in [1.29, 1.82) is 0 Å². The molecule has 0 bridgehead atoms. The molecular formula is C15H22Cl2N2O2. The molecule has 1 aliphatic rings. The van der Waals surface area contributed by atoms with Crippen molar-refractivity contribution >= 4 is 29.9 Å². The zero-order chi connectivity index (χ0) is 14.4. The molecule has 21 heavy (non-hydrogen) atoms. The smallest absolute Gasteiger partial charge is 0.260 e. The Morgan fingerprint density at radius 2 is 2.24 bits per heavy atom. The van der Waals surface area contributed by atoms with Gasteiger partial charge in [-0.3, -0.25) is 4.79 Å². The maximum Gasteiger partial charge on any atom is 0.260 e. The average Bonchev–Trinajstić information content (AvgIpc) is 2.47. The fourth-order valence-corrected chi connectivity index (χ4v) is 2.73. The second-order valence-corrected chi connectivity index (χ2v) is 5.53. The van der Waals surface area contributed by atoms with Crippen LogP contribution in [0.3, 0.4) is 0 Å². The molecule has 1 atom stereocenters. The normalized spacial score (nSPS) is 18.0. The lowest BCUT2D eigenvalue weighted by Crippen LogP contribution is -2.44. The highest BCUT2D eigenvalue weighted by Crippen LogP contribution is 2.23. The molecule has 0 aliphatic carbocycles. The van der Waals surface area contributed by atoms with Gasteiger partial charge in [0.05, 0.1) is 5.02 Å². The predicted octanol–water partition coefficient (Wildman–Crippen LogP) is 2.60. The summed E-state index contributed by atoms with van der Waals surface area (Å²) in [6, 6.07) is 7.21. The summed E-state index contributed by atoms with van der Waals surface area (Å²) in [7, 11) is 1.95. The zero-order valence-corrected chi connectivity index (χ0v) is 13.8. The second-order valence-electron chi connectivity index (χ2n) is 5.12. The van der Waals surface area contributed by atoms with Gasteiger partial charge in [0.15, 0.2) is 6.61 Å². The largest absolute Gasteiger partial charge is 0.482 e. The monoisotopic (exact) mass is 332 g/mol. The maximum atomic E-state index is 12.2. The van der Waals surface area contributed by atoms with E-state index in [1.807, 2.05) is 24.1 Å². The van der Waals surface area contributed by atoms with Gasteiger partial charge in [0.25, 0.3) is 5.91 Å². The van der Waals surface area contributed by atoms with Crippen molar-refractivity contribution in [2.75, 3.05) is 33.3 Å². The molecule has 0 saturated carbocycles. The molecule has 1 aromatic rings. The third-order valence-electron chi connectivity index (χ3n) is 3.55. The van der Waals surface area contributed by atoms with E-state index in [0.29, 0.717) is 16.7 Å². The minimum Gasteiger partial charge on any atom is -0.482 e. The second kappa shape index (κ2) is 9.13. The van der Waals surface area contributed by atoms with Crippen LogP contribution in [0.1, 0.15) is 12.8 Å². The summed E-state index contributed by atoms with van der Waals surface area (Å²) in [5.41, 5.74) is 0. The number of rotatable bonds is 5. The van der Waals surface area contributed by atoms with Crippen LogP contribution < -0.4 is 10.1 Å². The molecule has 118 valence electrons. The number of benzene rings is 1. The maximum absolute atomic E-state index is 12.2. The molecule has 6 heteroatoms. The number of nitrogens with one attached hydrogen (secondary N) is 1. The summed E-state index contributed by atoms with van der Waals surface area (Å²) in [6.07, 6.45) is 2.24. The first kappa shape index (κ1) is 18.1. The predicted molar refractivity (Wildman–Crippen MR) is 87.4 cm³/mol. The van der Waals surface area contributed by atoms with E-state index in [1.165, 1.54) is 6.42 Å². The Bertz CT molecular complexity index is 455. The SMILES string of the molecule is CNCC1CCCN(C(=O)COc2ccccc2Cl)C1.Cl. The Morgan fingerprint density at radius 1 is 1.48 bits per heavy atom. The van der Waals surface area contributed by atoms with Gasteiger partial charge in [-0.25, -0.2) is 0 Å². The number of nitrogens with zero attached hydrogens (tertiary/aromatic N) is 1. The quantitative estimate of drug-likeness (QED) is 0.901. The first-order valence-electron chi connectivity index (χ1n) is 7.00. The van der Waals surface area contributed by atoms with Crippen LogP contribution in [0.5, 0.6) is 5.75 Å². The number of carbonyl (C=O) groups is 1. The fraction of sp³-hybridized carbons (Fsp3) is 0.533. The standard InChI is InChI=1S/C15H21ClN2O2.ClH/c1-17-9-12-5-4-8-18(10-12)15(19)11-20-14-7-3-2-6-13(14)16;/h2-3,6-7,12,17H,4-5,8-11H2,1H3;1H. The van der Waals surface area contributed by atoms with Crippen LogP contribution >= 0.6 is 24.0 Å². The Morgan fingerprint density at radius 3 is 2.95 bits per heavy atom. The minimum atomic E-state index is 0. The lowest BCUT2D eigenvalue weighted by molar-refractivity contribution is -0.135. The van der Waals surface area contributed by atoms with Gasteiger partial charge in [0.1, 0.15) is 5.75 Å². The van der Waals surface area contributed by atoms with Crippen molar-refractivity contribution in [3.8, 4) is 5.75 Å².